The number of rotatable bonds is 6. The maximum absolute atomic E-state index is 12.4. The Morgan fingerprint density at radius 3 is 2.45 bits per heavy atom. The number of nitrogens with two attached hydrogens (primary N) is 1. The van der Waals surface area contributed by atoms with E-state index in [-0.39, 0.29) is 17.9 Å². The van der Waals surface area contributed by atoms with Gasteiger partial charge in [0.25, 0.3) is 12.4 Å². The molecule has 0 unspecified atom stereocenters. The van der Waals surface area contributed by atoms with E-state index in [4.69, 9.17) is 27.2 Å². The van der Waals surface area contributed by atoms with E-state index in [0.717, 1.165) is 30.8 Å². The molecule has 3 rings (SSSR count). The summed E-state index contributed by atoms with van der Waals surface area (Å²) in [6.45, 7) is 3.49. The van der Waals surface area contributed by atoms with Gasteiger partial charge < -0.3 is 21.1 Å². The molecule has 2 aromatic rings. The molecule has 1 heterocycles. The zero-order valence-corrected chi connectivity index (χ0v) is 16.7. The van der Waals surface area contributed by atoms with Crippen molar-refractivity contribution in [1.29, 1.82) is 0 Å². The van der Waals surface area contributed by atoms with Gasteiger partial charge in [-0.3, -0.25) is 14.4 Å². The normalized spacial score (nSPS) is 13.3. The minimum Gasteiger partial charge on any atom is -0.483 e. The first-order chi connectivity index (χ1) is 14.0. The second kappa shape index (κ2) is 11.2. The quantitative estimate of drug-likeness (QED) is 0.625. The molecule has 1 fully saturated rings. The van der Waals surface area contributed by atoms with Gasteiger partial charge in [-0.2, -0.15) is 0 Å². The number of likely N-dealkylation sites (tertiary alicyclic amines) is 1. The van der Waals surface area contributed by atoms with Crippen molar-refractivity contribution in [1.82, 2.24) is 10.2 Å². The summed E-state index contributed by atoms with van der Waals surface area (Å²) in [6, 6.07) is 12.4. The zero-order valence-electron chi connectivity index (χ0n) is 15.9. The van der Waals surface area contributed by atoms with Crippen molar-refractivity contribution >= 4 is 29.9 Å². The molecule has 1 saturated heterocycles. The van der Waals surface area contributed by atoms with Crippen LogP contribution < -0.4 is 11.1 Å². The van der Waals surface area contributed by atoms with Gasteiger partial charge in [-0.25, -0.2) is 0 Å². The van der Waals surface area contributed by atoms with E-state index in [1.807, 2.05) is 12.1 Å². The van der Waals surface area contributed by atoms with Gasteiger partial charge in [0.2, 0.25) is 5.91 Å². The molecule has 7 nitrogen and oxygen atoms in total. The summed E-state index contributed by atoms with van der Waals surface area (Å²) in [6.07, 6.45) is 2.48. The summed E-state index contributed by atoms with van der Waals surface area (Å²) in [5.74, 6) is -0.678. The summed E-state index contributed by atoms with van der Waals surface area (Å²) < 4.78 is 0. The molecule has 154 valence electrons. The minimum atomic E-state index is -0.576. The van der Waals surface area contributed by atoms with Crippen molar-refractivity contribution in [3.8, 4) is 11.1 Å². The van der Waals surface area contributed by atoms with Crippen LogP contribution in [0.4, 0.5) is 0 Å². The third kappa shape index (κ3) is 6.58. The van der Waals surface area contributed by atoms with Crippen LogP contribution in [0.15, 0.2) is 42.5 Å². The highest BCUT2D eigenvalue weighted by atomic mass is 35.5. The standard InChI is InChI=1S/C20H22ClN3O2.CH2O2/c21-18-7-6-15(13-17(18)19(22)25)14-4-3-5-16(12-14)20(26)23-8-11-24-9-1-2-10-24;2-1-3/h3-7,12-13H,1-2,8-11H2,(H2,22,25)(H,23,26);1H,(H,2,3). The molecule has 0 atom stereocenters. The Labute approximate surface area is 174 Å². The van der Waals surface area contributed by atoms with Gasteiger partial charge in [0.15, 0.2) is 0 Å². The van der Waals surface area contributed by atoms with E-state index in [0.29, 0.717) is 17.1 Å². The van der Waals surface area contributed by atoms with Gasteiger partial charge in [0.05, 0.1) is 10.6 Å². The van der Waals surface area contributed by atoms with Gasteiger partial charge in [-0.15, -0.1) is 0 Å². The third-order valence-electron chi connectivity index (χ3n) is 4.60. The van der Waals surface area contributed by atoms with Crippen LogP contribution in [-0.4, -0.2) is 54.5 Å². The predicted octanol–water partition coefficient (Wildman–Crippen LogP) is 2.63. The van der Waals surface area contributed by atoms with Crippen LogP contribution in [0.1, 0.15) is 33.6 Å². The van der Waals surface area contributed by atoms with Crippen molar-refractivity contribution in [2.24, 2.45) is 5.73 Å². The maximum atomic E-state index is 12.4. The number of benzene rings is 2. The van der Waals surface area contributed by atoms with Gasteiger partial charge in [-0.05, 0) is 61.3 Å². The average Bonchev–Trinajstić information content (AvgIpc) is 3.22. The number of carbonyl (C=O) groups excluding carboxylic acids is 2. The number of nitrogens with zero attached hydrogens (tertiary/aromatic N) is 1. The smallest absolute Gasteiger partial charge is 0.290 e. The van der Waals surface area contributed by atoms with E-state index in [1.165, 1.54) is 12.8 Å². The lowest BCUT2D eigenvalue weighted by molar-refractivity contribution is -0.122. The molecule has 0 saturated carbocycles. The molecule has 1 aliphatic rings. The topological polar surface area (TPSA) is 113 Å². The number of nitrogens with one attached hydrogen (secondary N) is 1. The second-order valence-corrected chi connectivity index (χ2v) is 6.96. The first-order valence-corrected chi connectivity index (χ1v) is 9.62. The summed E-state index contributed by atoms with van der Waals surface area (Å²) in [7, 11) is 0. The van der Waals surface area contributed by atoms with Gasteiger partial charge in [0.1, 0.15) is 0 Å². The Morgan fingerprint density at radius 2 is 1.79 bits per heavy atom. The third-order valence-corrected chi connectivity index (χ3v) is 4.93. The Hall–Kier alpha value is -2.90. The SMILES string of the molecule is NC(=O)c1cc(-c2cccc(C(=O)NCCN3CCCC3)c2)ccc1Cl.O=CO. The van der Waals surface area contributed by atoms with Crippen molar-refractivity contribution in [2.75, 3.05) is 26.2 Å². The van der Waals surface area contributed by atoms with E-state index in [1.54, 1.807) is 30.3 Å². The van der Waals surface area contributed by atoms with Crippen molar-refractivity contribution < 1.29 is 19.5 Å². The molecule has 4 N–H and O–H groups in total. The minimum absolute atomic E-state index is 0.102. The highest BCUT2D eigenvalue weighted by Gasteiger charge is 2.13. The monoisotopic (exact) mass is 417 g/mol. The lowest BCUT2D eigenvalue weighted by Gasteiger charge is -2.15. The number of hydrogen-bond acceptors (Lipinski definition) is 4. The van der Waals surface area contributed by atoms with E-state index < -0.39 is 5.91 Å². The molecule has 8 heteroatoms. The van der Waals surface area contributed by atoms with E-state index in [2.05, 4.69) is 10.2 Å². The molecule has 0 radical (unpaired) electrons. The van der Waals surface area contributed by atoms with Crippen LogP contribution in [0.2, 0.25) is 5.02 Å². The molecule has 0 aliphatic carbocycles. The van der Waals surface area contributed by atoms with Crippen LogP contribution in [-0.2, 0) is 4.79 Å². The van der Waals surface area contributed by atoms with Gasteiger partial charge >= 0.3 is 0 Å². The van der Waals surface area contributed by atoms with Crippen LogP contribution in [0.25, 0.3) is 11.1 Å². The maximum Gasteiger partial charge on any atom is 0.290 e. The number of carbonyl (C=O) groups is 3. The molecular weight excluding hydrogens is 394 g/mol. The number of primary amides is 1. The zero-order chi connectivity index (χ0) is 21.2. The lowest BCUT2D eigenvalue weighted by atomic mass is 10.0. The summed E-state index contributed by atoms with van der Waals surface area (Å²) in [5.41, 5.74) is 7.82. The largest absolute Gasteiger partial charge is 0.483 e. The van der Waals surface area contributed by atoms with Gasteiger partial charge in [0, 0.05) is 18.7 Å². The second-order valence-electron chi connectivity index (χ2n) is 6.55. The number of hydrogen-bond donors (Lipinski definition) is 3. The lowest BCUT2D eigenvalue weighted by Crippen LogP contribution is -2.33. The Balaban J connectivity index is 0.000000941. The molecular formula is C21H24ClN3O4. The molecule has 0 aromatic heterocycles. The molecule has 2 aromatic carbocycles. The molecule has 0 spiro atoms. The van der Waals surface area contributed by atoms with Crippen LogP contribution in [0.5, 0.6) is 0 Å². The number of carboxylic acid groups (broad SMARTS) is 1. The van der Waals surface area contributed by atoms with Crippen molar-refractivity contribution in [3.05, 3.63) is 58.6 Å². The molecule has 1 aliphatic heterocycles. The fourth-order valence-corrected chi connectivity index (χ4v) is 3.38. The summed E-state index contributed by atoms with van der Waals surface area (Å²) >= 11 is 6.00. The molecule has 29 heavy (non-hydrogen) atoms. The average molecular weight is 418 g/mol. The first-order valence-electron chi connectivity index (χ1n) is 9.24. The van der Waals surface area contributed by atoms with E-state index in [9.17, 15) is 9.59 Å². The fourth-order valence-electron chi connectivity index (χ4n) is 3.17. The fraction of sp³-hybridized carbons (Fsp3) is 0.286. The predicted molar refractivity (Wildman–Crippen MR) is 112 cm³/mol. The van der Waals surface area contributed by atoms with Gasteiger partial charge in [-0.1, -0.05) is 29.8 Å². The summed E-state index contributed by atoms with van der Waals surface area (Å²) in [5, 5.41) is 10.2. The first kappa shape index (κ1) is 22.4. The molecule has 0 bridgehead atoms. The van der Waals surface area contributed by atoms with Crippen LogP contribution in [0, 0.1) is 0 Å². The number of amides is 2. The Morgan fingerprint density at radius 1 is 1.14 bits per heavy atom. The van der Waals surface area contributed by atoms with E-state index >= 15 is 0 Å². The number of halogens is 1. The highest BCUT2D eigenvalue weighted by molar-refractivity contribution is 6.33. The summed E-state index contributed by atoms with van der Waals surface area (Å²) in [4.78, 5) is 34.6. The highest BCUT2D eigenvalue weighted by Crippen LogP contribution is 2.25. The van der Waals surface area contributed by atoms with Crippen LogP contribution in [0.3, 0.4) is 0 Å². The Bertz CT molecular complexity index is 867. The molecule has 2 amide bonds. The van der Waals surface area contributed by atoms with Crippen molar-refractivity contribution in [2.45, 2.75) is 12.8 Å². The van der Waals surface area contributed by atoms with Crippen LogP contribution >= 0.6 is 11.6 Å². The van der Waals surface area contributed by atoms with Crippen molar-refractivity contribution in [3.63, 3.8) is 0 Å². The Kier molecular flexibility index (Phi) is 8.64.